The number of Topliss-reactive ketones (excluding diaryl/α,β-unsaturated/α-hetero) is 1. The largest absolute Gasteiger partial charge is 0.490 e. The van der Waals surface area contributed by atoms with Crippen LogP contribution in [0.2, 0.25) is 0 Å². The van der Waals surface area contributed by atoms with Crippen molar-refractivity contribution in [3.8, 4) is 0 Å². The summed E-state index contributed by atoms with van der Waals surface area (Å²) in [5, 5.41) is 0. The zero-order chi connectivity index (χ0) is 22.6. The molecule has 0 saturated carbocycles. The third-order valence-electron chi connectivity index (χ3n) is 5.33. The van der Waals surface area contributed by atoms with Gasteiger partial charge in [-0.2, -0.15) is 0 Å². The van der Waals surface area contributed by atoms with Gasteiger partial charge in [0, 0.05) is 6.08 Å². The average Bonchev–Trinajstić information content (AvgIpc) is 2.85. The van der Waals surface area contributed by atoms with Crippen molar-refractivity contribution >= 4 is 23.3 Å². The molecule has 1 aliphatic rings. The van der Waals surface area contributed by atoms with Crippen LogP contribution in [0.25, 0.3) is 0 Å². The molecule has 0 spiro atoms. The molecule has 0 aliphatic heterocycles. The number of hydrogen-bond donors (Lipinski definition) is 0. The third kappa shape index (κ3) is 3.76. The van der Waals surface area contributed by atoms with Gasteiger partial charge >= 0.3 is 0 Å². The lowest BCUT2D eigenvalue weighted by Crippen LogP contribution is -2.29. The topological polar surface area (TPSA) is 52.6 Å². The minimum absolute atomic E-state index is 0.0772. The number of allylic oxidation sites excluding steroid dienone is 2. The van der Waals surface area contributed by atoms with Crippen molar-refractivity contribution in [3.05, 3.63) is 130 Å². The Kier molecular flexibility index (Phi) is 6.28. The molecule has 0 heterocycles. The summed E-state index contributed by atoms with van der Waals surface area (Å²) in [5.74, 6) is -0.923. The van der Waals surface area contributed by atoms with Crippen LogP contribution >= 0.6 is 11.8 Å². The van der Waals surface area contributed by atoms with Gasteiger partial charge in [0.25, 0.3) is 0 Å². The van der Waals surface area contributed by atoms with Crippen LogP contribution in [0.4, 0.5) is 0 Å². The van der Waals surface area contributed by atoms with Gasteiger partial charge in [-0.15, -0.1) is 11.8 Å². The normalized spacial score (nSPS) is 14.2. The SMILES string of the molecule is COC1=C(OC)C(=O)C(SC(c2ccccc2)(c2ccccc2)c2ccccc2)=CC1=O. The lowest BCUT2D eigenvalue weighted by atomic mass is 9.84. The second-order valence-corrected chi connectivity index (χ2v) is 8.41. The summed E-state index contributed by atoms with van der Waals surface area (Å²) in [4.78, 5) is 26.4. The zero-order valence-corrected chi connectivity index (χ0v) is 18.6. The summed E-state index contributed by atoms with van der Waals surface area (Å²) in [7, 11) is 2.72. The van der Waals surface area contributed by atoms with Crippen LogP contribution in [0.5, 0.6) is 0 Å². The molecule has 0 aromatic heterocycles. The van der Waals surface area contributed by atoms with E-state index in [1.807, 2.05) is 91.0 Å². The zero-order valence-electron chi connectivity index (χ0n) is 17.8. The van der Waals surface area contributed by atoms with Gasteiger partial charge < -0.3 is 9.47 Å². The van der Waals surface area contributed by atoms with Crippen LogP contribution in [-0.4, -0.2) is 25.8 Å². The number of carbonyl (C=O) groups excluding carboxylic acids is 2. The molecule has 1 aliphatic carbocycles. The minimum atomic E-state index is -0.769. The summed E-state index contributed by atoms with van der Waals surface area (Å²) >= 11 is 1.34. The first kappa shape index (κ1) is 21.7. The van der Waals surface area contributed by atoms with Gasteiger partial charge in [-0.3, -0.25) is 9.59 Å². The molecule has 0 fully saturated rings. The molecule has 0 saturated heterocycles. The molecule has 4 rings (SSSR count). The lowest BCUT2D eigenvalue weighted by molar-refractivity contribution is -0.119. The van der Waals surface area contributed by atoms with Crippen LogP contribution in [0.15, 0.2) is 113 Å². The van der Waals surface area contributed by atoms with Gasteiger partial charge in [0.15, 0.2) is 0 Å². The van der Waals surface area contributed by atoms with E-state index in [-0.39, 0.29) is 17.3 Å². The second kappa shape index (κ2) is 9.28. The maximum atomic E-state index is 13.3. The first-order valence-electron chi connectivity index (χ1n) is 10.1. The predicted octanol–water partition coefficient (Wildman–Crippen LogP) is 5.25. The molecule has 3 aromatic rings. The van der Waals surface area contributed by atoms with E-state index in [0.29, 0.717) is 4.91 Å². The lowest BCUT2D eigenvalue weighted by Gasteiger charge is -2.36. The van der Waals surface area contributed by atoms with Crippen LogP contribution in [0.3, 0.4) is 0 Å². The maximum Gasteiger partial charge on any atom is 0.238 e. The number of rotatable bonds is 7. The summed E-state index contributed by atoms with van der Waals surface area (Å²) < 4.78 is 9.64. The second-order valence-electron chi connectivity index (χ2n) is 7.15. The molecule has 0 amide bonds. The summed E-state index contributed by atoms with van der Waals surface area (Å²) in [6.07, 6.45) is 1.35. The molecule has 0 unspecified atom stereocenters. The molecule has 0 atom stereocenters. The number of methoxy groups -OCH3 is 2. The van der Waals surface area contributed by atoms with Gasteiger partial charge in [-0.05, 0) is 16.7 Å². The molecular weight excluding hydrogens is 420 g/mol. The smallest absolute Gasteiger partial charge is 0.238 e. The van der Waals surface area contributed by atoms with Gasteiger partial charge in [-0.1, -0.05) is 91.0 Å². The van der Waals surface area contributed by atoms with Gasteiger partial charge in [0.05, 0.1) is 23.9 Å². The Labute approximate surface area is 191 Å². The van der Waals surface area contributed by atoms with Crippen LogP contribution in [0, 0.1) is 0 Å². The van der Waals surface area contributed by atoms with Crippen molar-refractivity contribution in [2.75, 3.05) is 14.2 Å². The van der Waals surface area contributed by atoms with E-state index in [0.717, 1.165) is 16.7 Å². The van der Waals surface area contributed by atoms with Crippen LogP contribution in [0.1, 0.15) is 16.7 Å². The van der Waals surface area contributed by atoms with E-state index >= 15 is 0 Å². The molecule has 0 N–H and O–H groups in total. The highest BCUT2D eigenvalue weighted by atomic mass is 32.2. The van der Waals surface area contributed by atoms with E-state index in [4.69, 9.17) is 9.47 Å². The van der Waals surface area contributed by atoms with E-state index in [2.05, 4.69) is 0 Å². The summed E-state index contributed by atoms with van der Waals surface area (Å²) in [5.41, 5.74) is 2.97. The highest BCUT2D eigenvalue weighted by molar-refractivity contribution is 8.05. The molecule has 0 radical (unpaired) electrons. The standard InChI is InChI=1S/C27H22O4S/c1-30-25-22(28)18-23(24(29)26(25)31-2)32-27(19-12-6-3-7-13-19,20-14-8-4-9-15-20)21-16-10-5-11-17-21/h3-18H,1-2H3. The van der Waals surface area contributed by atoms with Crippen LogP contribution < -0.4 is 0 Å². The van der Waals surface area contributed by atoms with Crippen LogP contribution in [-0.2, 0) is 23.8 Å². The Morgan fingerprint density at radius 2 is 1.03 bits per heavy atom. The Bertz CT molecular complexity index is 1090. The van der Waals surface area contributed by atoms with E-state index in [9.17, 15) is 9.59 Å². The fraction of sp³-hybridized carbons (Fsp3) is 0.111. The van der Waals surface area contributed by atoms with Gasteiger partial charge in [0.1, 0.15) is 0 Å². The third-order valence-corrected chi connectivity index (χ3v) is 6.87. The van der Waals surface area contributed by atoms with Gasteiger partial charge in [0.2, 0.25) is 23.1 Å². The number of thioether (sulfide) groups is 1. The molecule has 5 heteroatoms. The quantitative estimate of drug-likeness (QED) is 0.369. The first-order valence-corrected chi connectivity index (χ1v) is 10.9. The number of ketones is 2. The van der Waals surface area contributed by atoms with Gasteiger partial charge in [-0.25, -0.2) is 0 Å². The Balaban J connectivity index is 1.96. The predicted molar refractivity (Wildman–Crippen MR) is 126 cm³/mol. The Hall–Kier alpha value is -3.57. The minimum Gasteiger partial charge on any atom is -0.490 e. The number of benzene rings is 3. The summed E-state index contributed by atoms with van der Waals surface area (Å²) in [6, 6.07) is 30.0. The molecule has 3 aromatic carbocycles. The number of carbonyl (C=O) groups is 2. The van der Waals surface area contributed by atoms with E-state index in [1.165, 1.54) is 32.1 Å². The fourth-order valence-electron chi connectivity index (χ4n) is 3.89. The molecule has 4 nitrogen and oxygen atoms in total. The Morgan fingerprint density at radius 3 is 1.41 bits per heavy atom. The van der Waals surface area contributed by atoms with Crippen molar-refractivity contribution < 1.29 is 19.1 Å². The highest BCUT2D eigenvalue weighted by Crippen LogP contribution is 2.52. The van der Waals surface area contributed by atoms with Crippen molar-refractivity contribution in [2.24, 2.45) is 0 Å². The number of ether oxygens (including phenoxy) is 2. The first-order chi connectivity index (χ1) is 15.6. The fourth-order valence-corrected chi connectivity index (χ4v) is 5.33. The molecule has 32 heavy (non-hydrogen) atoms. The number of hydrogen-bond acceptors (Lipinski definition) is 5. The van der Waals surface area contributed by atoms with E-state index < -0.39 is 10.5 Å². The average molecular weight is 443 g/mol. The molecule has 160 valence electrons. The maximum absolute atomic E-state index is 13.3. The monoisotopic (exact) mass is 442 g/mol. The Morgan fingerprint density at radius 1 is 0.625 bits per heavy atom. The van der Waals surface area contributed by atoms with E-state index in [1.54, 1.807) is 0 Å². The summed E-state index contributed by atoms with van der Waals surface area (Å²) in [6.45, 7) is 0. The highest BCUT2D eigenvalue weighted by Gasteiger charge is 2.42. The van der Waals surface area contributed by atoms with Crippen molar-refractivity contribution in [1.82, 2.24) is 0 Å². The molecular formula is C27H22O4S. The van der Waals surface area contributed by atoms with Crippen molar-refractivity contribution in [2.45, 2.75) is 4.75 Å². The molecule has 0 bridgehead atoms. The van der Waals surface area contributed by atoms with Crippen molar-refractivity contribution in [3.63, 3.8) is 0 Å². The van der Waals surface area contributed by atoms with Crippen molar-refractivity contribution in [1.29, 1.82) is 0 Å².